The van der Waals surface area contributed by atoms with Crippen LogP contribution in [0.25, 0.3) is 0 Å². The molecule has 2 saturated heterocycles. The van der Waals surface area contributed by atoms with Gasteiger partial charge >= 0.3 is 0 Å². The molecule has 0 aromatic rings. The van der Waals surface area contributed by atoms with Crippen molar-refractivity contribution >= 4 is 0 Å². The van der Waals surface area contributed by atoms with Gasteiger partial charge in [0, 0.05) is 31.2 Å². The third kappa shape index (κ3) is 1.70. The Morgan fingerprint density at radius 3 is 2.55 bits per heavy atom. The molecule has 20 heavy (non-hydrogen) atoms. The lowest BCUT2D eigenvalue weighted by molar-refractivity contribution is -0.0594. The van der Waals surface area contributed by atoms with E-state index >= 15 is 0 Å². The smallest absolute Gasteiger partial charge is 0.0224 e. The highest BCUT2D eigenvalue weighted by atomic mass is 15.3. The minimum absolute atomic E-state index is 0.530. The maximum absolute atomic E-state index is 2.95. The van der Waals surface area contributed by atoms with Crippen molar-refractivity contribution in [1.82, 2.24) is 9.80 Å². The lowest BCUT2D eigenvalue weighted by Crippen LogP contribution is -2.63. The summed E-state index contributed by atoms with van der Waals surface area (Å²) in [6.07, 6.45) is 7.32. The Labute approximate surface area is 124 Å². The summed E-state index contributed by atoms with van der Waals surface area (Å²) in [5.41, 5.74) is 1.13. The molecule has 0 amide bonds. The average molecular weight is 276 g/mol. The second-order valence-corrected chi connectivity index (χ2v) is 9.15. The van der Waals surface area contributed by atoms with Crippen molar-refractivity contribution in [2.75, 3.05) is 19.6 Å². The summed E-state index contributed by atoms with van der Waals surface area (Å²) in [6.45, 7) is 14.2. The van der Waals surface area contributed by atoms with Crippen LogP contribution in [0.15, 0.2) is 0 Å². The molecule has 0 aromatic heterocycles. The topological polar surface area (TPSA) is 6.48 Å². The van der Waals surface area contributed by atoms with E-state index in [1.807, 2.05) is 0 Å². The molecule has 5 atom stereocenters. The highest BCUT2D eigenvalue weighted by Gasteiger charge is 2.62. The monoisotopic (exact) mass is 276 g/mol. The molecule has 0 N–H and O–H groups in total. The first-order valence-electron chi connectivity index (χ1n) is 8.92. The van der Waals surface area contributed by atoms with Crippen LogP contribution in [-0.2, 0) is 0 Å². The highest BCUT2D eigenvalue weighted by molar-refractivity contribution is 5.14. The molecule has 4 rings (SSSR count). The molecular formula is C18H32N2. The van der Waals surface area contributed by atoms with Crippen molar-refractivity contribution < 1.29 is 0 Å². The zero-order valence-electron chi connectivity index (χ0n) is 13.9. The van der Waals surface area contributed by atoms with Gasteiger partial charge < -0.3 is 0 Å². The third-order valence-electron chi connectivity index (χ3n) is 7.51. The van der Waals surface area contributed by atoms with E-state index in [1.165, 1.54) is 51.7 Å². The molecule has 4 fully saturated rings. The molecule has 2 aliphatic heterocycles. The van der Waals surface area contributed by atoms with E-state index in [4.69, 9.17) is 0 Å². The fourth-order valence-corrected chi connectivity index (χ4v) is 6.67. The van der Waals surface area contributed by atoms with Gasteiger partial charge in [0.1, 0.15) is 0 Å². The Balaban J connectivity index is 1.63. The molecule has 2 bridgehead atoms. The van der Waals surface area contributed by atoms with Gasteiger partial charge in [-0.25, -0.2) is 0 Å². The highest BCUT2D eigenvalue weighted by Crippen LogP contribution is 2.64. The van der Waals surface area contributed by atoms with Gasteiger partial charge in [-0.15, -0.1) is 0 Å². The normalized spacial score (nSPS) is 51.6. The van der Waals surface area contributed by atoms with Gasteiger partial charge in [-0.05, 0) is 62.3 Å². The van der Waals surface area contributed by atoms with Crippen LogP contribution in [0.5, 0.6) is 0 Å². The molecule has 2 heterocycles. The zero-order chi connectivity index (χ0) is 14.1. The van der Waals surface area contributed by atoms with E-state index < -0.39 is 0 Å². The van der Waals surface area contributed by atoms with Crippen LogP contribution in [0.3, 0.4) is 0 Å². The Hall–Kier alpha value is -0.0800. The van der Waals surface area contributed by atoms with Crippen LogP contribution in [-0.4, -0.2) is 47.6 Å². The van der Waals surface area contributed by atoms with E-state index in [2.05, 4.69) is 37.5 Å². The first-order chi connectivity index (χ1) is 9.42. The summed E-state index contributed by atoms with van der Waals surface area (Å²) >= 11 is 0. The molecule has 5 unspecified atom stereocenters. The first kappa shape index (κ1) is 13.6. The Kier molecular flexibility index (Phi) is 2.87. The summed E-state index contributed by atoms with van der Waals surface area (Å²) < 4.78 is 0. The van der Waals surface area contributed by atoms with E-state index in [-0.39, 0.29) is 0 Å². The Morgan fingerprint density at radius 1 is 1.05 bits per heavy atom. The second kappa shape index (κ2) is 4.23. The summed E-state index contributed by atoms with van der Waals surface area (Å²) in [5, 5.41) is 0. The van der Waals surface area contributed by atoms with Crippen LogP contribution >= 0.6 is 0 Å². The number of rotatable bonds is 1. The average Bonchev–Trinajstić information content (AvgIpc) is 3.00. The van der Waals surface area contributed by atoms with Gasteiger partial charge in [0.15, 0.2) is 0 Å². The van der Waals surface area contributed by atoms with E-state index in [0.29, 0.717) is 10.8 Å². The summed E-state index contributed by atoms with van der Waals surface area (Å²) in [7, 11) is 0. The van der Waals surface area contributed by atoms with Crippen LogP contribution in [0.4, 0.5) is 0 Å². The summed E-state index contributed by atoms with van der Waals surface area (Å²) in [6, 6.07) is 2.45. The van der Waals surface area contributed by atoms with Crippen molar-refractivity contribution in [3.8, 4) is 0 Å². The second-order valence-electron chi connectivity index (χ2n) is 9.15. The largest absolute Gasteiger partial charge is 0.298 e. The number of nitrogens with zero attached hydrogens (tertiary/aromatic N) is 2. The van der Waals surface area contributed by atoms with Gasteiger partial charge in [0.05, 0.1) is 0 Å². The van der Waals surface area contributed by atoms with Gasteiger partial charge in [0.2, 0.25) is 0 Å². The van der Waals surface area contributed by atoms with E-state index in [9.17, 15) is 0 Å². The van der Waals surface area contributed by atoms with E-state index in [1.54, 1.807) is 0 Å². The number of hydrogen-bond acceptors (Lipinski definition) is 2. The molecule has 0 spiro atoms. The number of fused-ring (bicyclic) bond motifs is 3. The number of hydrogen-bond donors (Lipinski definition) is 0. The minimum atomic E-state index is 0.530. The lowest BCUT2D eigenvalue weighted by atomic mass is 9.67. The molecule has 2 nitrogen and oxygen atoms in total. The maximum atomic E-state index is 2.95. The predicted molar refractivity (Wildman–Crippen MR) is 83.8 cm³/mol. The van der Waals surface area contributed by atoms with E-state index in [0.717, 1.165) is 24.0 Å². The van der Waals surface area contributed by atoms with Crippen LogP contribution < -0.4 is 0 Å². The fraction of sp³-hybridized carbons (Fsp3) is 1.00. The van der Waals surface area contributed by atoms with Crippen molar-refractivity contribution in [2.45, 2.75) is 77.9 Å². The van der Waals surface area contributed by atoms with Crippen molar-refractivity contribution in [3.05, 3.63) is 0 Å². The quantitative estimate of drug-likeness (QED) is 0.724. The Morgan fingerprint density at radius 2 is 1.85 bits per heavy atom. The molecule has 2 aliphatic carbocycles. The van der Waals surface area contributed by atoms with Crippen LogP contribution in [0.1, 0.15) is 59.8 Å². The van der Waals surface area contributed by atoms with Gasteiger partial charge in [-0.3, -0.25) is 9.80 Å². The predicted octanol–water partition coefficient (Wildman–Crippen LogP) is 3.37. The van der Waals surface area contributed by atoms with Crippen LogP contribution in [0, 0.1) is 16.7 Å². The first-order valence-corrected chi connectivity index (χ1v) is 8.92. The molecule has 4 aliphatic rings. The third-order valence-corrected chi connectivity index (χ3v) is 7.51. The molecule has 2 heteroatoms. The molecule has 0 aromatic carbocycles. The molecule has 114 valence electrons. The van der Waals surface area contributed by atoms with Crippen molar-refractivity contribution in [2.24, 2.45) is 16.7 Å². The van der Waals surface area contributed by atoms with Crippen molar-refractivity contribution in [3.63, 3.8) is 0 Å². The standard InChI is InChI=1S/C18H32N2/c1-13-11-19-9-5-6-15(19)12-20(13)16-17(2,3)14-7-8-18(16,4)10-14/h13-16H,5-12H2,1-4H3. The summed E-state index contributed by atoms with van der Waals surface area (Å²) in [4.78, 5) is 5.72. The van der Waals surface area contributed by atoms with Gasteiger partial charge in [-0.2, -0.15) is 0 Å². The molecular weight excluding hydrogens is 244 g/mol. The van der Waals surface area contributed by atoms with Crippen LogP contribution in [0.2, 0.25) is 0 Å². The maximum Gasteiger partial charge on any atom is 0.0224 e. The zero-order valence-corrected chi connectivity index (χ0v) is 13.9. The number of piperazine rings is 1. The minimum Gasteiger partial charge on any atom is -0.298 e. The lowest BCUT2D eigenvalue weighted by Gasteiger charge is -2.54. The van der Waals surface area contributed by atoms with Gasteiger partial charge in [0.25, 0.3) is 0 Å². The Bertz CT molecular complexity index is 399. The molecule has 0 radical (unpaired) electrons. The fourth-order valence-electron chi connectivity index (χ4n) is 6.67. The summed E-state index contributed by atoms with van der Waals surface area (Å²) in [5.74, 6) is 0.978. The van der Waals surface area contributed by atoms with Crippen molar-refractivity contribution in [1.29, 1.82) is 0 Å². The SMILES string of the molecule is CC1CN2CCCC2CN1C1C2(C)CCC(C2)C1(C)C. The molecule has 2 saturated carbocycles. The van der Waals surface area contributed by atoms with Gasteiger partial charge in [-0.1, -0.05) is 20.8 Å².